The third-order valence-electron chi connectivity index (χ3n) is 2.36. The van der Waals surface area contributed by atoms with Gasteiger partial charge in [-0.05, 0) is 30.3 Å². The highest BCUT2D eigenvalue weighted by atomic mass is 16.5. The van der Waals surface area contributed by atoms with E-state index in [4.69, 9.17) is 14.7 Å². The number of pyridine rings is 1. The Balaban J connectivity index is 2.00. The summed E-state index contributed by atoms with van der Waals surface area (Å²) in [4.78, 5) is 4.24. The Kier molecular flexibility index (Phi) is 3.77. The van der Waals surface area contributed by atoms with Crippen molar-refractivity contribution in [3.8, 4) is 17.7 Å². The summed E-state index contributed by atoms with van der Waals surface area (Å²) in [6.45, 7) is 0.364. The van der Waals surface area contributed by atoms with Gasteiger partial charge in [-0.25, -0.2) is 4.98 Å². The maximum Gasteiger partial charge on any atom is 0.213 e. The zero-order valence-electron chi connectivity index (χ0n) is 9.96. The Bertz CT molecular complexity index is 559. The van der Waals surface area contributed by atoms with Crippen molar-refractivity contribution in [2.24, 2.45) is 0 Å². The van der Waals surface area contributed by atoms with E-state index in [0.29, 0.717) is 23.8 Å². The molecule has 0 bridgehead atoms. The lowest BCUT2D eigenvalue weighted by atomic mass is 10.2. The van der Waals surface area contributed by atoms with Crippen molar-refractivity contribution in [3.63, 3.8) is 0 Å². The van der Waals surface area contributed by atoms with Crippen LogP contribution >= 0.6 is 0 Å². The lowest BCUT2D eigenvalue weighted by Gasteiger charge is -2.06. The molecule has 18 heavy (non-hydrogen) atoms. The van der Waals surface area contributed by atoms with Crippen LogP contribution in [0.1, 0.15) is 11.3 Å². The number of methoxy groups -OCH3 is 1. The molecule has 0 radical (unpaired) electrons. The highest BCUT2D eigenvalue weighted by molar-refractivity contribution is 5.34. The van der Waals surface area contributed by atoms with Gasteiger partial charge in [-0.2, -0.15) is 5.26 Å². The fraction of sp³-hybridized carbons (Fsp3) is 0.143. The molecule has 4 nitrogen and oxygen atoms in total. The highest BCUT2D eigenvalue weighted by Gasteiger charge is 1.99. The number of ether oxygens (including phenoxy) is 2. The van der Waals surface area contributed by atoms with E-state index in [1.165, 1.54) is 0 Å². The van der Waals surface area contributed by atoms with Crippen LogP contribution in [0.3, 0.4) is 0 Å². The standard InChI is InChI=1S/C14H12N2O2/c1-17-14-4-2-3-12(16-14)10-18-13-7-5-11(9-15)6-8-13/h2-8H,10H2,1H3. The minimum Gasteiger partial charge on any atom is -0.487 e. The molecule has 1 aromatic heterocycles. The van der Waals surface area contributed by atoms with Crippen LogP contribution in [0.2, 0.25) is 0 Å². The molecule has 4 heteroatoms. The fourth-order valence-corrected chi connectivity index (χ4v) is 1.43. The molecular formula is C14H12N2O2. The smallest absolute Gasteiger partial charge is 0.213 e. The average Bonchev–Trinajstić information content (AvgIpc) is 2.46. The summed E-state index contributed by atoms with van der Waals surface area (Å²) >= 11 is 0. The van der Waals surface area contributed by atoms with Crippen LogP contribution in [0.4, 0.5) is 0 Å². The number of aromatic nitrogens is 1. The van der Waals surface area contributed by atoms with Gasteiger partial charge in [-0.15, -0.1) is 0 Å². The SMILES string of the molecule is COc1cccc(COc2ccc(C#N)cc2)n1. The van der Waals surface area contributed by atoms with Crippen LogP contribution in [-0.2, 0) is 6.61 Å². The predicted molar refractivity (Wildman–Crippen MR) is 66.3 cm³/mol. The Morgan fingerprint density at radius 3 is 2.61 bits per heavy atom. The molecule has 0 fully saturated rings. The first kappa shape index (κ1) is 11.9. The normalized spacial score (nSPS) is 9.56. The maximum absolute atomic E-state index is 8.68. The average molecular weight is 240 g/mol. The van der Waals surface area contributed by atoms with Crippen molar-refractivity contribution in [3.05, 3.63) is 53.7 Å². The topological polar surface area (TPSA) is 55.1 Å². The van der Waals surface area contributed by atoms with Crippen molar-refractivity contribution in [2.75, 3.05) is 7.11 Å². The molecule has 0 unspecified atom stereocenters. The minimum absolute atomic E-state index is 0.364. The molecule has 0 spiro atoms. The lowest BCUT2D eigenvalue weighted by Crippen LogP contribution is -1.99. The summed E-state index contributed by atoms with van der Waals surface area (Å²) in [6, 6.07) is 14.5. The second-order valence-electron chi connectivity index (χ2n) is 3.60. The molecule has 0 atom stereocenters. The highest BCUT2D eigenvalue weighted by Crippen LogP contribution is 2.14. The molecule has 0 N–H and O–H groups in total. The molecule has 0 saturated heterocycles. The second kappa shape index (κ2) is 5.69. The minimum atomic E-state index is 0.364. The van der Waals surface area contributed by atoms with Crippen LogP contribution in [0, 0.1) is 11.3 Å². The van der Waals surface area contributed by atoms with E-state index >= 15 is 0 Å². The van der Waals surface area contributed by atoms with E-state index in [9.17, 15) is 0 Å². The van der Waals surface area contributed by atoms with Gasteiger partial charge in [0.25, 0.3) is 0 Å². The molecular weight excluding hydrogens is 228 g/mol. The maximum atomic E-state index is 8.68. The lowest BCUT2D eigenvalue weighted by molar-refractivity contribution is 0.298. The van der Waals surface area contributed by atoms with Gasteiger partial charge in [0.05, 0.1) is 24.4 Å². The molecule has 0 amide bonds. The summed E-state index contributed by atoms with van der Waals surface area (Å²) in [5.41, 5.74) is 1.40. The van der Waals surface area contributed by atoms with Crippen molar-refractivity contribution in [1.82, 2.24) is 4.98 Å². The van der Waals surface area contributed by atoms with E-state index in [-0.39, 0.29) is 0 Å². The Hall–Kier alpha value is -2.54. The van der Waals surface area contributed by atoms with E-state index in [1.807, 2.05) is 12.1 Å². The summed E-state index contributed by atoms with van der Waals surface area (Å²) < 4.78 is 10.6. The molecule has 1 aromatic carbocycles. The predicted octanol–water partition coefficient (Wildman–Crippen LogP) is 2.54. The van der Waals surface area contributed by atoms with Crippen LogP contribution < -0.4 is 9.47 Å². The molecule has 0 aliphatic heterocycles. The molecule has 1 heterocycles. The molecule has 0 aliphatic carbocycles. The summed E-state index contributed by atoms with van der Waals surface area (Å²) in [7, 11) is 1.58. The van der Waals surface area contributed by atoms with Gasteiger partial charge in [0.15, 0.2) is 0 Å². The first-order chi connectivity index (χ1) is 8.81. The van der Waals surface area contributed by atoms with Crippen molar-refractivity contribution < 1.29 is 9.47 Å². The van der Waals surface area contributed by atoms with Crippen molar-refractivity contribution >= 4 is 0 Å². The summed E-state index contributed by atoms with van der Waals surface area (Å²) in [6.07, 6.45) is 0. The first-order valence-corrected chi connectivity index (χ1v) is 5.44. The van der Waals surface area contributed by atoms with Crippen molar-refractivity contribution in [2.45, 2.75) is 6.61 Å². The van der Waals surface area contributed by atoms with E-state index < -0.39 is 0 Å². The zero-order chi connectivity index (χ0) is 12.8. The van der Waals surface area contributed by atoms with Gasteiger partial charge >= 0.3 is 0 Å². The van der Waals surface area contributed by atoms with E-state index in [0.717, 1.165) is 5.69 Å². The van der Waals surface area contributed by atoms with Crippen LogP contribution in [0.5, 0.6) is 11.6 Å². The third kappa shape index (κ3) is 2.98. The number of benzene rings is 1. The van der Waals surface area contributed by atoms with Gasteiger partial charge in [-0.1, -0.05) is 6.07 Å². The summed E-state index contributed by atoms with van der Waals surface area (Å²) in [5.74, 6) is 1.27. The number of nitriles is 1. The monoisotopic (exact) mass is 240 g/mol. The van der Waals surface area contributed by atoms with Crippen molar-refractivity contribution in [1.29, 1.82) is 5.26 Å². The Morgan fingerprint density at radius 2 is 1.94 bits per heavy atom. The van der Waals surface area contributed by atoms with Gasteiger partial charge in [0.2, 0.25) is 5.88 Å². The largest absolute Gasteiger partial charge is 0.487 e. The molecule has 0 saturated carbocycles. The van der Waals surface area contributed by atoms with Crippen LogP contribution in [-0.4, -0.2) is 12.1 Å². The van der Waals surface area contributed by atoms with Gasteiger partial charge in [0, 0.05) is 6.07 Å². The summed E-state index contributed by atoms with van der Waals surface area (Å²) in [5, 5.41) is 8.68. The van der Waals surface area contributed by atoms with Gasteiger partial charge < -0.3 is 9.47 Å². The third-order valence-corrected chi connectivity index (χ3v) is 2.36. The molecule has 2 aromatic rings. The van der Waals surface area contributed by atoms with Gasteiger partial charge in [0.1, 0.15) is 12.4 Å². The Morgan fingerprint density at radius 1 is 1.17 bits per heavy atom. The van der Waals surface area contributed by atoms with E-state index in [2.05, 4.69) is 11.1 Å². The first-order valence-electron chi connectivity index (χ1n) is 5.44. The van der Waals surface area contributed by atoms with E-state index in [1.54, 1.807) is 37.4 Å². The molecule has 90 valence electrons. The number of hydrogen-bond acceptors (Lipinski definition) is 4. The zero-order valence-corrected chi connectivity index (χ0v) is 9.96. The molecule has 2 rings (SSSR count). The quantitative estimate of drug-likeness (QED) is 0.824. The van der Waals surface area contributed by atoms with Crippen LogP contribution in [0.15, 0.2) is 42.5 Å². The Labute approximate surface area is 105 Å². The number of rotatable bonds is 4. The van der Waals surface area contributed by atoms with Gasteiger partial charge in [-0.3, -0.25) is 0 Å². The number of hydrogen-bond donors (Lipinski definition) is 0. The molecule has 0 aliphatic rings. The number of nitrogens with zero attached hydrogens (tertiary/aromatic N) is 2. The fourth-order valence-electron chi connectivity index (χ4n) is 1.43. The second-order valence-corrected chi connectivity index (χ2v) is 3.60. The van der Waals surface area contributed by atoms with Crippen LogP contribution in [0.25, 0.3) is 0 Å².